The molecule has 0 aliphatic heterocycles. The number of ether oxygens (including phenoxy) is 1. The zero-order valence-corrected chi connectivity index (χ0v) is 14.9. The number of esters is 1. The van der Waals surface area contributed by atoms with Crippen molar-refractivity contribution in [2.24, 2.45) is 5.41 Å². The van der Waals surface area contributed by atoms with E-state index in [0.717, 1.165) is 0 Å². The van der Waals surface area contributed by atoms with Gasteiger partial charge in [0, 0.05) is 11.3 Å². The summed E-state index contributed by atoms with van der Waals surface area (Å²) in [6.07, 6.45) is 0. The number of benzene rings is 2. The number of phenolic OH excluding ortho intramolecular Hbond substituents is 2. The van der Waals surface area contributed by atoms with Crippen LogP contribution in [0.25, 0.3) is 10.8 Å². The van der Waals surface area contributed by atoms with Crippen molar-refractivity contribution in [3.05, 3.63) is 33.9 Å². The lowest BCUT2D eigenvalue weighted by atomic mass is 9.97. The average Bonchev–Trinajstić information content (AvgIpc) is 2.52. The number of hydrogen-bond acceptors (Lipinski definition) is 7. The molecule has 2 radical (unpaired) electrons. The van der Waals surface area contributed by atoms with E-state index in [2.05, 4.69) is 0 Å². The molecule has 25 heavy (non-hydrogen) atoms. The molecule has 0 spiro atoms. The average molecular weight is 363 g/mol. The van der Waals surface area contributed by atoms with E-state index >= 15 is 0 Å². The molecule has 0 saturated carbocycles. The molecule has 0 unspecified atom stereocenters. The summed E-state index contributed by atoms with van der Waals surface area (Å²) in [5.74, 6) is -1.48. The van der Waals surface area contributed by atoms with Gasteiger partial charge in [-0.1, -0.05) is 0 Å². The van der Waals surface area contributed by atoms with Gasteiger partial charge in [0.15, 0.2) is 11.5 Å². The first kappa shape index (κ1) is 18.7. The SMILES string of the molecule is CC(C)(C)C(=O)OCc1cc2c([Si]O)c(O)c(O)cc2cc1[N+](=O)[O-]. The van der Waals surface area contributed by atoms with Gasteiger partial charge in [-0.15, -0.1) is 0 Å². The van der Waals surface area contributed by atoms with Crippen molar-refractivity contribution >= 4 is 37.4 Å². The van der Waals surface area contributed by atoms with Crippen molar-refractivity contribution in [2.75, 3.05) is 0 Å². The Kier molecular flexibility index (Phi) is 5.00. The smallest absolute Gasteiger partial charge is 0.311 e. The molecule has 0 aliphatic rings. The van der Waals surface area contributed by atoms with Gasteiger partial charge in [0.25, 0.3) is 15.5 Å². The second kappa shape index (κ2) is 6.69. The van der Waals surface area contributed by atoms with Gasteiger partial charge in [0.2, 0.25) is 0 Å². The monoisotopic (exact) mass is 363 g/mol. The van der Waals surface area contributed by atoms with Crippen LogP contribution in [0.3, 0.4) is 0 Å². The number of phenols is 2. The fourth-order valence-corrected chi connectivity index (χ4v) is 2.79. The molecule has 0 heterocycles. The van der Waals surface area contributed by atoms with Crippen LogP contribution in [-0.4, -0.2) is 35.7 Å². The third kappa shape index (κ3) is 3.72. The highest BCUT2D eigenvalue weighted by Gasteiger charge is 2.25. The number of rotatable bonds is 4. The van der Waals surface area contributed by atoms with Crippen LogP contribution < -0.4 is 5.19 Å². The van der Waals surface area contributed by atoms with Gasteiger partial charge < -0.3 is 19.7 Å². The van der Waals surface area contributed by atoms with Crippen molar-refractivity contribution in [3.8, 4) is 11.5 Å². The zero-order chi connectivity index (χ0) is 18.9. The number of carbonyl (C=O) groups is 1. The highest BCUT2D eigenvalue weighted by molar-refractivity contribution is 6.52. The van der Waals surface area contributed by atoms with Crippen LogP contribution in [0.2, 0.25) is 0 Å². The summed E-state index contributed by atoms with van der Waals surface area (Å²) in [6.45, 7) is 4.67. The molecule has 0 bridgehead atoms. The van der Waals surface area contributed by atoms with Crippen LogP contribution in [0, 0.1) is 15.5 Å². The summed E-state index contributed by atoms with van der Waals surface area (Å²) in [7, 11) is -0.833. The molecular formula is C16H17NO7Si. The van der Waals surface area contributed by atoms with Gasteiger partial charge in [-0.2, -0.15) is 0 Å². The van der Waals surface area contributed by atoms with E-state index in [1.165, 1.54) is 18.2 Å². The van der Waals surface area contributed by atoms with Gasteiger partial charge in [-0.3, -0.25) is 14.9 Å². The zero-order valence-electron chi connectivity index (χ0n) is 13.9. The first-order chi connectivity index (χ1) is 11.6. The molecule has 0 saturated heterocycles. The first-order valence-electron chi connectivity index (χ1n) is 7.29. The molecule has 8 nitrogen and oxygen atoms in total. The number of nitrogens with zero attached hydrogens (tertiary/aromatic N) is 1. The Morgan fingerprint density at radius 3 is 2.44 bits per heavy atom. The highest BCUT2D eigenvalue weighted by atomic mass is 28.2. The highest BCUT2D eigenvalue weighted by Crippen LogP contribution is 2.33. The Morgan fingerprint density at radius 1 is 1.28 bits per heavy atom. The molecule has 2 aromatic carbocycles. The number of carbonyl (C=O) groups excluding carboxylic acids is 1. The normalized spacial score (nSPS) is 11.5. The molecule has 2 aromatic rings. The maximum atomic E-state index is 11.9. The standard InChI is InChI=1S/C16H17NO7Si/c1-16(2,3)15(20)24-7-9-4-10-8(5-11(9)17(21)22)6-12(18)13(19)14(10)25-23/h4-6,18-19,23H,7H2,1-3H3. The summed E-state index contributed by atoms with van der Waals surface area (Å²) < 4.78 is 5.14. The molecule has 3 N–H and O–H groups in total. The fraction of sp³-hybridized carbons (Fsp3) is 0.312. The summed E-state index contributed by atoms with van der Waals surface area (Å²) in [6, 6.07) is 3.76. The van der Waals surface area contributed by atoms with E-state index in [1.54, 1.807) is 20.8 Å². The third-order valence-corrected chi connectivity index (χ3v) is 4.30. The summed E-state index contributed by atoms with van der Waals surface area (Å²) in [5.41, 5.74) is -0.918. The van der Waals surface area contributed by atoms with E-state index in [1.807, 2.05) is 0 Å². The third-order valence-electron chi connectivity index (χ3n) is 3.57. The van der Waals surface area contributed by atoms with E-state index in [4.69, 9.17) is 4.74 Å². The molecule has 2 rings (SSSR count). The second-order valence-corrected chi connectivity index (χ2v) is 7.24. The van der Waals surface area contributed by atoms with Crippen LogP contribution in [-0.2, 0) is 16.1 Å². The first-order valence-corrected chi connectivity index (χ1v) is 8.24. The number of aromatic hydroxyl groups is 2. The van der Waals surface area contributed by atoms with Gasteiger partial charge in [-0.05, 0) is 43.7 Å². The van der Waals surface area contributed by atoms with Crippen LogP contribution >= 0.6 is 0 Å². The number of nitro benzene ring substituents is 1. The summed E-state index contributed by atoms with van der Waals surface area (Å²) in [5, 5.41) is 31.6. The predicted octanol–water partition coefficient (Wildman–Crippen LogP) is 1.49. The van der Waals surface area contributed by atoms with E-state index in [-0.39, 0.29) is 28.4 Å². The topological polar surface area (TPSA) is 130 Å². The van der Waals surface area contributed by atoms with Crippen LogP contribution in [0.5, 0.6) is 11.5 Å². The number of hydrogen-bond donors (Lipinski definition) is 3. The Bertz CT molecular complexity index is 858. The molecule has 0 aliphatic carbocycles. The molecule has 0 aromatic heterocycles. The molecule has 9 heteroatoms. The number of nitro groups is 1. The lowest BCUT2D eigenvalue weighted by Crippen LogP contribution is -2.23. The molecule has 0 amide bonds. The lowest BCUT2D eigenvalue weighted by molar-refractivity contribution is -0.385. The van der Waals surface area contributed by atoms with Crippen molar-refractivity contribution < 1.29 is 29.5 Å². The van der Waals surface area contributed by atoms with Crippen molar-refractivity contribution in [1.82, 2.24) is 0 Å². The minimum absolute atomic E-state index is 0.0632. The molecule has 132 valence electrons. The number of fused-ring (bicyclic) bond motifs is 1. The Hall–Kier alpha value is -2.65. The van der Waals surface area contributed by atoms with Gasteiger partial charge in [0.1, 0.15) is 6.61 Å². The minimum Gasteiger partial charge on any atom is -0.504 e. The van der Waals surface area contributed by atoms with Crippen LogP contribution in [0.4, 0.5) is 5.69 Å². The lowest BCUT2D eigenvalue weighted by Gasteiger charge is -2.17. The Labute approximate surface area is 145 Å². The molecular weight excluding hydrogens is 346 g/mol. The van der Waals surface area contributed by atoms with Crippen LogP contribution in [0.1, 0.15) is 26.3 Å². The maximum absolute atomic E-state index is 11.9. The Balaban J connectivity index is 2.58. The van der Waals surface area contributed by atoms with Crippen molar-refractivity contribution in [2.45, 2.75) is 27.4 Å². The minimum atomic E-state index is -0.833. The fourth-order valence-electron chi connectivity index (χ4n) is 2.22. The van der Waals surface area contributed by atoms with Crippen molar-refractivity contribution in [1.29, 1.82) is 0 Å². The molecule has 0 atom stereocenters. The van der Waals surface area contributed by atoms with Gasteiger partial charge in [0.05, 0.1) is 15.9 Å². The molecule has 0 fully saturated rings. The van der Waals surface area contributed by atoms with Crippen LogP contribution in [0.15, 0.2) is 18.2 Å². The van der Waals surface area contributed by atoms with E-state index in [0.29, 0.717) is 5.39 Å². The largest absolute Gasteiger partial charge is 0.504 e. The quantitative estimate of drug-likeness (QED) is 0.247. The van der Waals surface area contributed by atoms with Gasteiger partial charge in [-0.25, -0.2) is 0 Å². The van der Waals surface area contributed by atoms with E-state index in [9.17, 15) is 29.9 Å². The van der Waals surface area contributed by atoms with Gasteiger partial charge >= 0.3 is 5.97 Å². The van der Waals surface area contributed by atoms with E-state index < -0.39 is 37.6 Å². The second-order valence-electron chi connectivity index (χ2n) is 6.52. The summed E-state index contributed by atoms with van der Waals surface area (Å²) >= 11 is 0. The summed E-state index contributed by atoms with van der Waals surface area (Å²) in [4.78, 5) is 32.1. The Morgan fingerprint density at radius 2 is 1.92 bits per heavy atom. The maximum Gasteiger partial charge on any atom is 0.311 e. The van der Waals surface area contributed by atoms with Crippen molar-refractivity contribution in [3.63, 3.8) is 0 Å². The predicted molar refractivity (Wildman–Crippen MR) is 90.8 cm³/mol.